The Balaban J connectivity index is 2.44. The highest BCUT2D eigenvalue weighted by molar-refractivity contribution is 9.10. The van der Waals surface area contributed by atoms with Crippen LogP contribution >= 0.6 is 27.5 Å². The Bertz CT molecular complexity index is 588. The van der Waals surface area contributed by atoms with Gasteiger partial charge in [0.2, 0.25) is 0 Å². The van der Waals surface area contributed by atoms with Crippen LogP contribution in [0.2, 0.25) is 5.02 Å². The summed E-state index contributed by atoms with van der Waals surface area (Å²) in [6, 6.07) is 12.2. The molecule has 0 bridgehead atoms. The van der Waals surface area contributed by atoms with Crippen molar-refractivity contribution < 1.29 is 4.39 Å². The van der Waals surface area contributed by atoms with E-state index in [1.54, 1.807) is 12.1 Å². The van der Waals surface area contributed by atoms with E-state index in [9.17, 15) is 4.39 Å². The number of benzene rings is 2. The molecular formula is C16H16BrClFN. The highest BCUT2D eigenvalue weighted by Crippen LogP contribution is 2.31. The third-order valence-electron chi connectivity index (χ3n) is 3.05. The lowest BCUT2D eigenvalue weighted by molar-refractivity contribution is 0.585. The minimum atomic E-state index is -0.239. The van der Waals surface area contributed by atoms with Crippen LogP contribution in [0.3, 0.4) is 0 Å². The van der Waals surface area contributed by atoms with Crippen LogP contribution in [0, 0.1) is 5.82 Å². The molecule has 2 rings (SSSR count). The van der Waals surface area contributed by atoms with Gasteiger partial charge in [0, 0.05) is 9.50 Å². The molecular weight excluding hydrogens is 341 g/mol. The maximum atomic E-state index is 13.5. The molecule has 0 aliphatic heterocycles. The van der Waals surface area contributed by atoms with E-state index in [1.807, 2.05) is 24.3 Å². The molecule has 1 N–H and O–H groups in total. The second-order valence-corrected chi connectivity index (χ2v) is 5.93. The summed E-state index contributed by atoms with van der Waals surface area (Å²) < 4.78 is 14.4. The summed E-state index contributed by atoms with van der Waals surface area (Å²) in [5.74, 6) is -0.239. The fourth-order valence-corrected chi connectivity index (χ4v) is 2.72. The molecule has 0 heterocycles. The molecule has 0 saturated heterocycles. The fourth-order valence-electron chi connectivity index (χ4n) is 2.12. The zero-order valence-corrected chi connectivity index (χ0v) is 13.5. The molecule has 20 heavy (non-hydrogen) atoms. The molecule has 0 saturated carbocycles. The highest BCUT2D eigenvalue weighted by Gasteiger charge is 2.17. The van der Waals surface area contributed by atoms with Gasteiger partial charge in [-0.1, -0.05) is 46.6 Å². The van der Waals surface area contributed by atoms with Crippen molar-refractivity contribution in [2.45, 2.75) is 19.4 Å². The van der Waals surface area contributed by atoms with Crippen molar-refractivity contribution in [3.8, 4) is 0 Å². The Hall–Kier alpha value is -0.900. The predicted octanol–water partition coefficient (Wildman–Crippen LogP) is 5.33. The quantitative estimate of drug-likeness (QED) is 0.763. The molecule has 0 spiro atoms. The van der Waals surface area contributed by atoms with Crippen LogP contribution in [0.1, 0.15) is 30.5 Å². The molecule has 2 aromatic carbocycles. The molecule has 0 aromatic heterocycles. The second-order valence-electron chi connectivity index (χ2n) is 4.61. The molecule has 1 unspecified atom stereocenters. The van der Waals surface area contributed by atoms with Crippen LogP contribution in [0.15, 0.2) is 46.9 Å². The van der Waals surface area contributed by atoms with Gasteiger partial charge in [-0.25, -0.2) is 4.39 Å². The van der Waals surface area contributed by atoms with E-state index in [4.69, 9.17) is 11.6 Å². The summed E-state index contributed by atoms with van der Waals surface area (Å²) in [5, 5.41) is 4.10. The Labute approximate surface area is 132 Å². The Morgan fingerprint density at radius 1 is 1.25 bits per heavy atom. The first-order valence-corrected chi connectivity index (χ1v) is 7.72. The lowest BCUT2D eigenvalue weighted by Gasteiger charge is -2.21. The average molecular weight is 357 g/mol. The smallest absolute Gasteiger partial charge is 0.123 e. The molecule has 0 radical (unpaired) electrons. The third kappa shape index (κ3) is 3.81. The first-order valence-electron chi connectivity index (χ1n) is 6.55. The normalized spacial score (nSPS) is 12.4. The highest BCUT2D eigenvalue weighted by atomic mass is 79.9. The van der Waals surface area contributed by atoms with E-state index in [1.165, 1.54) is 6.07 Å². The first kappa shape index (κ1) is 15.5. The average Bonchev–Trinajstić information content (AvgIpc) is 2.43. The molecule has 4 heteroatoms. The predicted molar refractivity (Wildman–Crippen MR) is 85.7 cm³/mol. The second kappa shape index (κ2) is 7.21. The summed E-state index contributed by atoms with van der Waals surface area (Å²) >= 11 is 9.76. The fraction of sp³-hybridized carbons (Fsp3) is 0.250. The van der Waals surface area contributed by atoms with Gasteiger partial charge in [-0.05, 0) is 54.4 Å². The van der Waals surface area contributed by atoms with Crippen molar-refractivity contribution in [2.24, 2.45) is 0 Å². The van der Waals surface area contributed by atoms with Gasteiger partial charge in [-0.2, -0.15) is 0 Å². The van der Waals surface area contributed by atoms with Gasteiger partial charge < -0.3 is 5.32 Å². The first-order chi connectivity index (χ1) is 9.61. The van der Waals surface area contributed by atoms with Crippen LogP contribution in [0.25, 0.3) is 0 Å². The van der Waals surface area contributed by atoms with E-state index in [0.717, 1.165) is 28.6 Å². The number of hydrogen-bond acceptors (Lipinski definition) is 1. The number of halogens is 3. The molecule has 106 valence electrons. The third-order valence-corrected chi connectivity index (χ3v) is 3.89. The molecule has 1 atom stereocenters. The Kier molecular flexibility index (Phi) is 5.58. The minimum Gasteiger partial charge on any atom is -0.306 e. The van der Waals surface area contributed by atoms with Crippen LogP contribution in [-0.2, 0) is 0 Å². The van der Waals surface area contributed by atoms with E-state index in [-0.39, 0.29) is 11.9 Å². The number of hydrogen-bond donors (Lipinski definition) is 1. The molecule has 1 nitrogen and oxygen atoms in total. The van der Waals surface area contributed by atoms with Crippen LogP contribution < -0.4 is 5.32 Å². The topological polar surface area (TPSA) is 12.0 Å². The summed E-state index contributed by atoms with van der Waals surface area (Å²) in [5.41, 5.74) is 1.82. The SMILES string of the molecule is CCCNC(c1cccc(F)c1)c1cc(Br)ccc1Cl. The number of rotatable bonds is 5. The van der Waals surface area contributed by atoms with E-state index >= 15 is 0 Å². The molecule has 0 amide bonds. The maximum Gasteiger partial charge on any atom is 0.123 e. The molecule has 0 aliphatic rings. The van der Waals surface area contributed by atoms with Crippen molar-refractivity contribution in [3.63, 3.8) is 0 Å². The van der Waals surface area contributed by atoms with Crippen molar-refractivity contribution in [1.29, 1.82) is 0 Å². The molecule has 0 aliphatic carbocycles. The van der Waals surface area contributed by atoms with Crippen molar-refractivity contribution >= 4 is 27.5 Å². The van der Waals surface area contributed by atoms with Crippen LogP contribution in [-0.4, -0.2) is 6.54 Å². The monoisotopic (exact) mass is 355 g/mol. The van der Waals surface area contributed by atoms with E-state index in [2.05, 4.69) is 28.2 Å². The maximum absolute atomic E-state index is 13.5. The molecule has 0 fully saturated rings. The lowest BCUT2D eigenvalue weighted by atomic mass is 9.98. The zero-order chi connectivity index (χ0) is 14.5. The van der Waals surface area contributed by atoms with Crippen LogP contribution in [0.5, 0.6) is 0 Å². The number of nitrogens with one attached hydrogen (secondary N) is 1. The lowest BCUT2D eigenvalue weighted by Crippen LogP contribution is -2.23. The zero-order valence-electron chi connectivity index (χ0n) is 11.2. The van der Waals surface area contributed by atoms with Crippen molar-refractivity contribution in [3.05, 3.63) is 68.9 Å². The van der Waals surface area contributed by atoms with Gasteiger partial charge in [0.15, 0.2) is 0 Å². The van der Waals surface area contributed by atoms with Gasteiger partial charge in [0.25, 0.3) is 0 Å². The summed E-state index contributed by atoms with van der Waals surface area (Å²) in [6.07, 6.45) is 0.997. The van der Waals surface area contributed by atoms with Crippen molar-refractivity contribution in [1.82, 2.24) is 5.32 Å². The van der Waals surface area contributed by atoms with E-state index < -0.39 is 0 Å². The van der Waals surface area contributed by atoms with Gasteiger partial charge >= 0.3 is 0 Å². The van der Waals surface area contributed by atoms with Gasteiger partial charge in [-0.15, -0.1) is 0 Å². The van der Waals surface area contributed by atoms with Gasteiger partial charge in [0.1, 0.15) is 5.82 Å². The largest absolute Gasteiger partial charge is 0.306 e. The minimum absolute atomic E-state index is 0.115. The standard InChI is InChI=1S/C16H16BrClFN/c1-2-8-20-16(11-4-3-5-13(19)9-11)14-10-12(17)6-7-15(14)18/h3-7,9-10,16,20H,2,8H2,1H3. The van der Waals surface area contributed by atoms with Crippen molar-refractivity contribution in [2.75, 3.05) is 6.54 Å². The summed E-state index contributed by atoms with van der Waals surface area (Å²) in [6.45, 7) is 2.93. The summed E-state index contributed by atoms with van der Waals surface area (Å²) in [4.78, 5) is 0. The van der Waals surface area contributed by atoms with Gasteiger partial charge in [-0.3, -0.25) is 0 Å². The van der Waals surface area contributed by atoms with Crippen LogP contribution in [0.4, 0.5) is 4.39 Å². The molecule has 2 aromatic rings. The Morgan fingerprint density at radius 2 is 2.05 bits per heavy atom. The summed E-state index contributed by atoms with van der Waals surface area (Å²) in [7, 11) is 0. The Morgan fingerprint density at radius 3 is 2.75 bits per heavy atom. The van der Waals surface area contributed by atoms with Gasteiger partial charge in [0.05, 0.1) is 6.04 Å². The van der Waals surface area contributed by atoms with E-state index in [0.29, 0.717) is 5.02 Å².